The smallest absolute Gasteiger partial charge is 0.272 e. The predicted octanol–water partition coefficient (Wildman–Crippen LogP) is -0.923. The maximum Gasteiger partial charge on any atom is 0.272 e. The summed E-state index contributed by atoms with van der Waals surface area (Å²) in [7, 11) is -3.08. The quantitative estimate of drug-likeness (QED) is 0.722. The number of sulfone groups is 1. The van der Waals surface area contributed by atoms with Crippen LogP contribution in [0.2, 0.25) is 0 Å². The Balaban J connectivity index is 2.13. The van der Waals surface area contributed by atoms with Crippen LogP contribution >= 0.6 is 0 Å². The number of H-pyrrole nitrogens is 1. The molecule has 1 aromatic heterocycles. The van der Waals surface area contributed by atoms with Crippen LogP contribution in [0.1, 0.15) is 23.8 Å². The van der Waals surface area contributed by atoms with Crippen molar-refractivity contribution < 1.29 is 13.2 Å². The molecule has 1 fully saturated rings. The van der Waals surface area contributed by atoms with E-state index in [-0.39, 0.29) is 17.2 Å². The Labute approximate surface area is 104 Å². The highest BCUT2D eigenvalue weighted by molar-refractivity contribution is 7.91. The molecular formula is C10H13N3O4S. The summed E-state index contributed by atoms with van der Waals surface area (Å²) in [4.78, 5) is 22.6. The van der Waals surface area contributed by atoms with E-state index in [2.05, 4.69) is 15.5 Å². The van der Waals surface area contributed by atoms with Crippen LogP contribution < -0.4 is 10.9 Å². The molecule has 7 nitrogen and oxygen atoms in total. The normalized spacial score (nSPS) is 25.8. The number of nitrogens with one attached hydrogen (secondary N) is 2. The largest absolute Gasteiger partial charge is 0.344 e. The summed E-state index contributed by atoms with van der Waals surface area (Å²) in [6.07, 6.45) is 0.379. The van der Waals surface area contributed by atoms with Gasteiger partial charge in [-0.15, -0.1) is 0 Å². The summed E-state index contributed by atoms with van der Waals surface area (Å²) in [6, 6.07) is 2.48. The second-order valence-electron chi connectivity index (χ2n) is 4.66. The molecule has 1 amide bonds. The molecule has 0 bridgehead atoms. The van der Waals surface area contributed by atoms with Crippen molar-refractivity contribution in [1.82, 2.24) is 15.5 Å². The Bertz CT molecular complexity index is 616. The highest BCUT2D eigenvalue weighted by atomic mass is 32.2. The van der Waals surface area contributed by atoms with E-state index in [0.29, 0.717) is 6.42 Å². The minimum atomic E-state index is -3.08. The standard InChI is InChI=1S/C10H13N3O4S/c1-10(4-5-18(16,17)6-10)11-9(15)7-2-3-8(14)13-12-7/h2-3H,4-6H2,1H3,(H,11,15)(H,13,14)/t10-/m0/s1. The van der Waals surface area contributed by atoms with Crippen LogP contribution in [-0.4, -0.2) is 41.6 Å². The summed E-state index contributed by atoms with van der Waals surface area (Å²) in [5, 5.41) is 8.38. The summed E-state index contributed by atoms with van der Waals surface area (Å²) >= 11 is 0. The molecular weight excluding hydrogens is 258 g/mol. The van der Waals surface area contributed by atoms with Crippen LogP contribution in [0, 0.1) is 0 Å². The molecule has 8 heteroatoms. The number of amides is 1. The van der Waals surface area contributed by atoms with Crippen molar-refractivity contribution in [3.05, 3.63) is 28.2 Å². The Morgan fingerprint density at radius 2 is 2.22 bits per heavy atom. The molecule has 2 rings (SSSR count). The van der Waals surface area contributed by atoms with Gasteiger partial charge in [0.05, 0.1) is 17.0 Å². The molecule has 18 heavy (non-hydrogen) atoms. The lowest BCUT2D eigenvalue weighted by Crippen LogP contribution is -2.47. The first-order valence-corrected chi connectivity index (χ1v) is 7.21. The predicted molar refractivity (Wildman–Crippen MR) is 64.0 cm³/mol. The lowest BCUT2D eigenvalue weighted by Gasteiger charge is -2.23. The van der Waals surface area contributed by atoms with Gasteiger partial charge in [0.15, 0.2) is 9.84 Å². The Morgan fingerprint density at radius 3 is 2.72 bits per heavy atom. The monoisotopic (exact) mass is 271 g/mol. The first-order valence-electron chi connectivity index (χ1n) is 5.38. The van der Waals surface area contributed by atoms with E-state index >= 15 is 0 Å². The average molecular weight is 271 g/mol. The Hall–Kier alpha value is -1.70. The lowest BCUT2D eigenvalue weighted by atomic mass is 10.0. The zero-order valence-electron chi connectivity index (χ0n) is 9.76. The van der Waals surface area contributed by atoms with Crippen molar-refractivity contribution in [2.75, 3.05) is 11.5 Å². The van der Waals surface area contributed by atoms with E-state index in [1.807, 2.05) is 0 Å². The molecule has 1 saturated heterocycles. The third kappa shape index (κ3) is 2.76. The molecule has 0 spiro atoms. The van der Waals surface area contributed by atoms with E-state index in [4.69, 9.17) is 0 Å². The number of aromatic nitrogens is 2. The maximum absolute atomic E-state index is 11.8. The number of carbonyl (C=O) groups excluding carboxylic acids is 1. The molecule has 2 heterocycles. The zero-order valence-corrected chi connectivity index (χ0v) is 10.6. The van der Waals surface area contributed by atoms with Crippen LogP contribution in [0.4, 0.5) is 0 Å². The minimum absolute atomic E-state index is 0.0557. The molecule has 98 valence electrons. The second-order valence-corrected chi connectivity index (χ2v) is 6.85. The highest BCUT2D eigenvalue weighted by Crippen LogP contribution is 2.22. The third-order valence-electron chi connectivity index (χ3n) is 2.83. The van der Waals surface area contributed by atoms with E-state index < -0.39 is 26.8 Å². The van der Waals surface area contributed by atoms with Gasteiger partial charge in [0.25, 0.3) is 11.5 Å². The molecule has 0 aliphatic carbocycles. The average Bonchev–Trinajstić information content (AvgIpc) is 2.53. The van der Waals surface area contributed by atoms with Gasteiger partial charge < -0.3 is 5.32 Å². The van der Waals surface area contributed by atoms with Gasteiger partial charge >= 0.3 is 0 Å². The van der Waals surface area contributed by atoms with Gasteiger partial charge in [0.2, 0.25) is 0 Å². The van der Waals surface area contributed by atoms with Gasteiger partial charge in [0.1, 0.15) is 5.69 Å². The minimum Gasteiger partial charge on any atom is -0.344 e. The lowest BCUT2D eigenvalue weighted by molar-refractivity contribution is 0.0909. The van der Waals surface area contributed by atoms with Gasteiger partial charge in [0, 0.05) is 6.07 Å². The topological polar surface area (TPSA) is 109 Å². The van der Waals surface area contributed by atoms with E-state index in [1.165, 1.54) is 12.1 Å². The van der Waals surface area contributed by atoms with Gasteiger partial charge in [-0.2, -0.15) is 5.10 Å². The van der Waals surface area contributed by atoms with Crippen LogP contribution in [0.3, 0.4) is 0 Å². The van der Waals surface area contributed by atoms with Crippen LogP contribution in [0.25, 0.3) is 0 Å². The molecule has 0 unspecified atom stereocenters. The van der Waals surface area contributed by atoms with Crippen LogP contribution in [0.15, 0.2) is 16.9 Å². The fraction of sp³-hybridized carbons (Fsp3) is 0.500. The van der Waals surface area contributed by atoms with Gasteiger partial charge in [-0.25, -0.2) is 13.5 Å². The summed E-state index contributed by atoms with van der Waals surface area (Å²) in [5.41, 5.74) is -1.12. The SMILES string of the molecule is C[C@]1(NC(=O)c2ccc(=O)[nH]n2)CCS(=O)(=O)C1. The molecule has 1 aliphatic rings. The molecule has 1 aliphatic heterocycles. The second kappa shape index (κ2) is 4.20. The number of hydrogen-bond donors (Lipinski definition) is 2. The molecule has 2 N–H and O–H groups in total. The van der Waals surface area contributed by atoms with E-state index in [9.17, 15) is 18.0 Å². The molecule has 0 radical (unpaired) electrons. The van der Waals surface area contributed by atoms with Gasteiger partial charge in [-0.05, 0) is 19.4 Å². The molecule has 1 aromatic rings. The number of aromatic amines is 1. The number of carbonyl (C=O) groups is 1. The fourth-order valence-corrected chi connectivity index (χ4v) is 4.01. The first-order chi connectivity index (χ1) is 8.30. The van der Waals surface area contributed by atoms with Gasteiger partial charge in [-0.1, -0.05) is 0 Å². The molecule has 0 saturated carbocycles. The summed E-state index contributed by atoms with van der Waals surface area (Å²) in [5.74, 6) is -0.497. The van der Waals surface area contributed by atoms with E-state index in [0.717, 1.165) is 0 Å². The zero-order chi connectivity index (χ0) is 13.4. The first kappa shape index (κ1) is 12.7. The fourth-order valence-electron chi connectivity index (χ4n) is 1.92. The van der Waals surface area contributed by atoms with E-state index in [1.54, 1.807) is 6.92 Å². The summed E-state index contributed by atoms with van der Waals surface area (Å²) in [6.45, 7) is 1.68. The Kier molecular flexibility index (Phi) is 2.97. The van der Waals surface area contributed by atoms with Crippen molar-refractivity contribution in [3.8, 4) is 0 Å². The van der Waals surface area contributed by atoms with Crippen molar-refractivity contribution >= 4 is 15.7 Å². The van der Waals surface area contributed by atoms with Crippen LogP contribution in [-0.2, 0) is 9.84 Å². The Morgan fingerprint density at radius 1 is 1.50 bits per heavy atom. The number of hydrogen-bond acceptors (Lipinski definition) is 5. The summed E-state index contributed by atoms with van der Waals surface area (Å²) < 4.78 is 22.8. The molecule has 0 aromatic carbocycles. The number of rotatable bonds is 2. The highest BCUT2D eigenvalue weighted by Gasteiger charge is 2.39. The van der Waals surface area contributed by atoms with Crippen molar-refractivity contribution in [2.45, 2.75) is 18.9 Å². The maximum atomic E-state index is 11.8. The van der Waals surface area contributed by atoms with Crippen molar-refractivity contribution in [1.29, 1.82) is 0 Å². The number of nitrogens with zero attached hydrogens (tertiary/aromatic N) is 1. The van der Waals surface area contributed by atoms with Gasteiger partial charge in [-0.3, -0.25) is 9.59 Å². The third-order valence-corrected chi connectivity index (χ3v) is 4.73. The van der Waals surface area contributed by atoms with Crippen molar-refractivity contribution in [2.24, 2.45) is 0 Å². The van der Waals surface area contributed by atoms with Crippen LogP contribution in [0.5, 0.6) is 0 Å². The molecule has 1 atom stereocenters. The van der Waals surface area contributed by atoms with Crippen molar-refractivity contribution in [3.63, 3.8) is 0 Å².